The third kappa shape index (κ3) is 8.99. The normalized spacial score (nSPS) is 12.1. The van der Waals surface area contributed by atoms with Crippen molar-refractivity contribution < 1.29 is 22.7 Å². The average molecular weight is 586 g/mol. The van der Waals surface area contributed by atoms with Gasteiger partial charge >= 0.3 is 0 Å². The second-order valence-corrected chi connectivity index (χ2v) is 12.3. The lowest BCUT2D eigenvalue weighted by molar-refractivity contribution is -0.140. The van der Waals surface area contributed by atoms with Crippen LogP contribution in [0.4, 0.5) is 5.69 Å². The maximum absolute atomic E-state index is 14.1. The number of anilines is 1. The van der Waals surface area contributed by atoms with Crippen LogP contribution in [0.15, 0.2) is 78.9 Å². The van der Waals surface area contributed by atoms with E-state index in [-0.39, 0.29) is 30.5 Å². The molecule has 10 heteroatoms. The summed E-state index contributed by atoms with van der Waals surface area (Å²) in [6.45, 7) is 3.96. The van der Waals surface area contributed by atoms with Crippen molar-refractivity contribution in [2.75, 3.05) is 30.8 Å². The molecule has 0 fully saturated rings. The second kappa shape index (κ2) is 14.2. The fourth-order valence-electron chi connectivity index (χ4n) is 4.19. The SMILES string of the molecule is COc1cccc(N(CC(=O)N(Cc2cccc(Cl)c2)[C@H](Cc2ccccc2)C(=O)NCC(C)C)S(C)(=O)=O)c1. The first-order valence-electron chi connectivity index (χ1n) is 12.9. The lowest BCUT2D eigenvalue weighted by Gasteiger charge is -2.33. The molecule has 3 aromatic rings. The first-order chi connectivity index (χ1) is 19.0. The second-order valence-electron chi connectivity index (χ2n) is 9.97. The highest BCUT2D eigenvalue weighted by atomic mass is 35.5. The third-order valence-corrected chi connectivity index (χ3v) is 7.59. The lowest BCUT2D eigenvalue weighted by atomic mass is 10.0. The van der Waals surface area contributed by atoms with E-state index in [0.717, 1.165) is 16.1 Å². The number of methoxy groups -OCH3 is 1. The number of nitrogens with zero attached hydrogens (tertiary/aromatic N) is 2. The number of rotatable bonds is 13. The number of sulfonamides is 1. The van der Waals surface area contributed by atoms with Gasteiger partial charge in [-0.1, -0.05) is 74.0 Å². The number of carbonyl (C=O) groups is 2. The van der Waals surface area contributed by atoms with E-state index in [9.17, 15) is 18.0 Å². The Labute approximate surface area is 241 Å². The molecule has 0 aliphatic heterocycles. The lowest BCUT2D eigenvalue weighted by Crippen LogP contribution is -2.53. The number of carbonyl (C=O) groups excluding carboxylic acids is 2. The molecule has 0 heterocycles. The minimum atomic E-state index is -3.87. The van der Waals surface area contributed by atoms with Crippen LogP contribution >= 0.6 is 11.6 Å². The summed E-state index contributed by atoms with van der Waals surface area (Å²) >= 11 is 6.23. The molecule has 0 saturated heterocycles. The molecule has 0 bridgehead atoms. The molecular formula is C30H36ClN3O5S. The van der Waals surface area contributed by atoms with Gasteiger partial charge in [0.1, 0.15) is 18.3 Å². The highest BCUT2D eigenvalue weighted by Crippen LogP contribution is 2.24. The van der Waals surface area contributed by atoms with Crippen molar-refractivity contribution in [3.8, 4) is 5.75 Å². The smallest absolute Gasteiger partial charge is 0.244 e. The van der Waals surface area contributed by atoms with Gasteiger partial charge in [0, 0.05) is 30.6 Å². The van der Waals surface area contributed by atoms with Gasteiger partial charge in [0.25, 0.3) is 0 Å². The molecule has 0 aliphatic rings. The van der Waals surface area contributed by atoms with Gasteiger partial charge in [-0.3, -0.25) is 13.9 Å². The molecule has 0 spiro atoms. The monoisotopic (exact) mass is 585 g/mol. The van der Waals surface area contributed by atoms with Crippen LogP contribution in [-0.4, -0.2) is 57.6 Å². The Kier molecular flexibility index (Phi) is 11.0. The van der Waals surface area contributed by atoms with Crippen molar-refractivity contribution >= 4 is 39.1 Å². The van der Waals surface area contributed by atoms with E-state index in [1.54, 1.807) is 42.5 Å². The van der Waals surface area contributed by atoms with Gasteiger partial charge in [-0.05, 0) is 41.3 Å². The Morgan fingerprint density at radius 2 is 1.62 bits per heavy atom. The molecule has 1 N–H and O–H groups in total. The Balaban J connectivity index is 2.05. The van der Waals surface area contributed by atoms with Crippen LogP contribution in [0.25, 0.3) is 0 Å². The van der Waals surface area contributed by atoms with E-state index in [2.05, 4.69) is 5.32 Å². The van der Waals surface area contributed by atoms with Crippen LogP contribution < -0.4 is 14.4 Å². The summed E-state index contributed by atoms with van der Waals surface area (Å²) in [6.07, 6.45) is 1.28. The van der Waals surface area contributed by atoms with Crippen molar-refractivity contribution in [1.29, 1.82) is 0 Å². The Morgan fingerprint density at radius 3 is 2.25 bits per heavy atom. The number of nitrogens with one attached hydrogen (secondary N) is 1. The van der Waals surface area contributed by atoms with E-state index >= 15 is 0 Å². The van der Waals surface area contributed by atoms with Crippen molar-refractivity contribution in [2.24, 2.45) is 5.92 Å². The van der Waals surface area contributed by atoms with Gasteiger partial charge in [-0.15, -0.1) is 0 Å². The molecule has 214 valence electrons. The third-order valence-electron chi connectivity index (χ3n) is 6.22. The van der Waals surface area contributed by atoms with Gasteiger partial charge in [-0.2, -0.15) is 0 Å². The predicted molar refractivity (Wildman–Crippen MR) is 159 cm³/mol. The zero-order valence-corrected chi connectivity index (χ0v) is 24.8. The topological polar surface area (TPSA) is 96.0 Å². The van der Waals surface area contributed by atoms with E-state index in [4.69, 9.17) is 16.3 Å². The molecule has 0 radical (unpaired) electrons. The minimum Gasteiger partial charge on any atom is -0.497 e. The van der Waals surface area contributed by atoms with Crippen molar-refractivity contribution in [3.05, 3.63) is 95.0 Å². The van der Waals surface area contributed by atoms with Gasteiger partial charge < -0.3 is 15.0 Å². The number of benzene rings is 3. The van der Waals surface area contributed by atoms with E-state index < -0.39 is 28.5 Å². The van der Waals surface area contributed by atoms with Gasteiger partial charge in [0.2, 0.25) is 21.8 Å². The molecule has 0 unspecified atom stereocenters. The van der Waals surface area contributed by atoms with Crippen LogP contribution in [0.1, 0.15) is 25.0 Å². The van der Waals surface area contributed by atoms with Crippen LogP contribution in [0.5, 0.6) is 5.75 Å². The minimum absolute atomic E-state index is 0.0572. The Bertz CT molecular complexity index is 1400. The zero-order valence-electron chi connectivity index (χ0n) is 23.2. The summed E-state index contributed by atoms with van der Waals surface area (Å²) in [5, 5.41) is 3.45. The molecule has 2 amide bonds. The quantitative estimate of drug-likeness (QED) is 0.318. The van der Waals surface area contributed by atoms with Crippen molar-refractivity contribution in [3.63, 3.8) is 0 Å². The number of amides is 2. The van der Waals surface area contributed by atoms with Gasteiger partial charge in [-0.25, -0.2) is 8.42 Å². The van der Waals surface area contributed by atoms with Gasteiger partial charge in [0.15, 0.2) is 0 Å². The van der Waals surface area contributed by atoms with Crippen molar-refractivity contribution in [1.82, 2.24) is 10.2 Å². The molecule has 8 nitrogen and oxygen atoms in total. The van der Waals surface area contributed by atoms with Crippen LogP contribution in [0.2, 0.25) is 5.02 Å². The molecule has 3 aromatic carbocycles. The number of ether oxygens (including phenoxy) is 1. The fourth-order valence-corrected chi connectivity index (χ4v) is 5.24. The number of hydrogen-bond donors (Lipinski definition) is 1. The van der Waals surface area contributed by atoms with Crippen LogP contribution in [0.3, 0.4) is 0 Å². The van der Waals surface area contributed by atoms with Crippen LogP contribution in [0, 0.1) is 5.92 Å². The van der Waals surface area contributed by atoms with Crippen LogP contribution in [-0.2, 0) is 32.6 Å². The Morgan fingerprint density at radius 1 is 0.950 bits per heavy atom. The van der Waals surface area contributed by atoms with Crippen molar-refractivity contribution in [2.45, 2.75) is 32.9 Å². The molecule has 0 aliphatic carbocycles. The summed E-state index contributed by atoms with van der Waals surface area (Å²) < 4.78 is 32.0. The van der Waals surface area contributed by atoms with E-state index in [1.807, 2.05) is 50.2 Å². The fraction of sp³-hybridized carbons (Fsp3) is 0.333. The molecule has 1 atom stereocenters. The van der Waals surface area contributed by atoms with E-state index in [0.29, 0.717) is 22.9 Å². The predicted octanol–water partition coefficient (Wildman–Crippen LogP) is 4.53. The number of halogens is 1. The molecular weight excluding hydrogens is 550 g/mol. The number of hydrogen-bond acceptors (Lipinski definition) is 5. The summed E-state index contributed by atoms with van der Waals surface area (Å²) in [7, 11) is -2.39. The summed E-state index contributed by atoms with van der Waals surface area (Å²) in [5.74, 6) is -0.203. The first-order valence-corrected chi connectivity index (χ1v) is 15.2. The first kappa shape index (κ1) is 31.0. The average Bonchev–Trinajstić information content (AvgIpc) is 2.92. The standard InChI is InChI=1S/C30H36ClN3O5S/c1-22(2)19-32-30(36)28(17-23-10-6-5-7-11-23)33(20-24-12-8-13-25(31)16-24)29(35)21-34(40(4,37)38)26-14-9-15-27(18-26)39-3/h5-16,18,22,28H,17,19-21H2,1-4H3,(H,32,36)/t28-/m1/s1. The largest absolute Gasteiger partial charge is 0.497 e. The summed E-state index contributed by atoms with van der Waals surface area (Å²) in [6, 6.07) is 22.0. The molecule has 40 heavy (non-hydrogen) atoms. The molecule has 3 rings (SSSR count). The summed E-state index contributed by atoms with van der Waals surface area (Å²) in [4.78, 5) is 29.1. The Hall–Kier alpha value is -3.56. The summed E-state index contributed by atoms with van der Waals surface area (Å²) in [5.41, 5.74) is 1.86. The highest BCUT2D eigenvalue weighted by Gasteiger charge is 2.33. The zero-order chi connectivity index (χ0) is 29.3. The highest BCUT2D eigenvalue weighted by molar-refractivity contribution is 7.92. The maximum atomic E-state index is 14.1. The molecule has 0 aromatic heterocycles. The van der Waals surface area contributed by atoms with E-state index in [1.165, 1.54) is 12.0 Å². The molecule has 0 saturated carbocycles. The maximum Gasteiger partial charge on any atom is 0.244 e. The van der Waals surface area contributed by atoms with Gasteiger partial charge in [0.05, 0.1) is 19.1 Å².